The van der Waals surface area contributed by atoms with Crippen molar-refractivity contribution in [3.05, 3.63) is 46.5 Å². The highest BCUT2D eigenvalue weighted by Crippen LogP contribution is 2.22. The van der Waals surface area contributed by atoms with Gasteiger partial charge in [-0.1, -0.05) is 12.1 Å². The lowest BCUT2D eigenvalue weighted by atomic mass is 10.2. The molecule has 0 unspecified atom stereocenters. The fourth-order valence-corrected chi connectivity index (χ4v) is 1.15. The number of nitrogens with zero attached hydrogens (tertiary/aromatic N) is 5. The lowest BCUT2D eigenvalue weighted by molar-refractivity contribution is -0.398. The predicted molar refractivity (Wildman–Crippen MR) is 55.6 cm³/mol. The van der Waals surface area contributed by atoms with Gasteiger partial charge in [-0.25, -0.2) is 4.68 Å². The van der Waals surface area contributed by atoms with Gasteiger partial charge in [0.05, 0.1) is 11.1 Å². The van der Waals surface area contributed by atoms with Crippen LogP contribution in [-0.4, -0.2) is 26.0 Å². The molecule has 0 atom stereocenters. The van der Waals surface area contributed by atoms with Crippen molar-refractivity contribution < 1.29 is 10.0 Å². The SMILES string of the molecule is O=[N+]([O-])c1cc(/C=N\n2cnnc2)ccc1[O-]. The normalized spacial score (nSPS) is 10.8. The van der Waals surface area contributed by atoms with E-state index in [1.807, 2.05) is 0 Å². The van der Waals surface area contributed by atoms with Crippen LogP contribution in [0.2, 0.25) is 0 Å². The van der Waals surface area contributed by atoms with E-state index < -0.39 is 16.4 Å². The molecule has 0 aliphatic heterocycles. The summed E-state index contributed by atoms with van der Waals surface area (Å²) < 4.78 is 1.33. The molecule has 0 spiro atoms. The molecule has 2 aromatic rings. The van der Waals surface area contributed by atoms with Crippen LogP contribution in [-0.2, 0) is 0 Å². The van der Waals surface area contributed by atoms with Crippen molar-refractivity contribution in [2.45, 2.75) is 0 Å². The van der Waals surface area contributed by atoms with E-state index in [-0.39, 0.29) is 0 Å². The first-order chi connectivity index (χ1) is 8.16. The summed E-state index contributed by atoms with van der Waals surface area (Å²) in [7, 11) is 0. The number of benzene rings is 1. The minimum absolute atomic E-state index is 0.449. The van der Waals surface area contributed by atoms with Crippen molar-refractivity contribution in [1.82, 2.24) is 14.9 Å². The van der Waals surface area contributed by atoms with Crippen LogP contribution in [0.5, 0.6) is 5.75 Å². The molecule has 8 heteroatoms. The summed E-state index contributed by atoms with van der Waals surface area (Å²) in [5.41, 5.74) is -0.0253. The van der Waals surface area contributed by atoms with Gasteiger partial charge in [0.25, 0.3) is 5.69 Å². The summed E-state index contributed by atoms with van der Waals surface area (Å²) >= 11 is 0. The second-order valence-corrected chi connectivity index (χ2v) is 3.07. The molecule has 8 nitrogen and oxygen atoms in total. The first-order valence-corrected chi connectivity index (χ1v) is 4.51. The van der Waals surface area contributed by atoms with E-state index >= 15 is 0 Å². The van der Waals surface area contributed by atoms with Crippen LogP contribution in [0.4, 0.5) is 5.69 Å². The van der Waals surface area contributed by atoms with E-state index in [0.29, 0.717) is 5.56 Å². The number of aromatic nitrogens is 3. The number of hydrogen-bond acceptors (Lipinski definition) is 6. The molecule has 0 aliphatic carbocycles. The fourth-order valence-electron chi connectivity index (χ4n) is 1.15. The molecule has 0 amide bonds. The Morgan fingerprint density at radius 2 is 2.06 bits per heavy atom. The molecule has 0 radical (unpaired) electrons. The lowest BCUT2D eigenvalue weighted by Gasteiger charge is -2.05. The Balaban J connectivity index is 2.28. The first kappa shape index (κ1) is 10.7. The van der Waals surface area contributed by atoms with Gasteiger partial charge in [-0.05, 0) is 5.75 Å². The van der Waals surface area contributed by atoms with Crippen molar-refractivity contribution in [2.24, 2.45) is 5.10 Å². The quantitative estimate of drug-likeness (QED) is 0.424. The monoisotopic (exact) mass is 232 g/mol. The molecule has 0 N–H and O–H groups in total. The summed E-state index contributed by atoms with van der Waals surface area (Å²) in [6.45, 7) is 0. The highest BCUT2D eigenvalue weighted by molar-refractivity contribution is 5.81. The molecule has 17 heavy (non-hydrogen) atoms. The molecule has 0 bridgehead atoms. The largest absolute Gasteiger partial charge is 0.868 e. The molecule has 0 saturated carbocycles. The van der Waals surface area contributed by atoms with Gasteiger partial charge >= 0.3 is 0 Å². The topological polar surface area (TPSA) is 109 Å². The van der Waals surface area contributed by atoms with Gasteiger partial charge in [0, 0.05) is 11.6 Å². The van der Waals surface area contributed by atoms with Crippen molar-refractivity contribution in [3.63, 3.8) is 0 Å². The Hall–Kier alpha value is -2.77. The van der Waals surface area contributed by atoms with E-state index in [4.69, 9.17) is 0 Å². The van der Waals surface area contributed by atoms with E-state index in [2.05, 4.69) is 15.3 Å². The van der Waals surface area contributed by atoms with Crippen LogP contribution < -0.4 is 5.11 Å². The van der Waals surface area contributed by atoms with E-state index in [9.17, 15) is 15.2 Å². The van der Waals surface area contributed by atoms with Gasteiger partial charge in [0.2, 0.25) is 0 Å². The molecule has 0 fully saturated rings. The molecule has 0 saturated heterocycles. The second kappa shape index (κ2) is 4.39. The Bertz CT molecular complexity index is 564. The fraction of sp³-hybridized carbons (Fsp3) is 0. The highest BCUT2D eigenvalue weighted by Gasteiger charge is 2.06. The van der Waals surface area contributed by atoms with Gasteiger partial charge in [-0.2, -0.15) is 5.10 Å². The maximum atomic E-state index is 11.1. The third-order valence-corrected chi connectivity index (χ3v) is 1.93. The number of nitro groups is 1. The standard InChI is InChI=1S/C9H7N5O3/c15-9-2-1-7(3-8(9)14(16)17)4-12-13-5-10-11-6-13/h1-6,15H/p-1/b12-4-. The zero-order valence-corrected chi connectivity index (χ0v) is 8.42. The van der Waals surface area contributed by atoms with Crippen molar-refractivity contribution in [2.75, 3.05) is 0 Å². The smallest absolute Gasteiger partial charge is 0.262 e. The van der Waals surface area contributed by atoms with Crippen LogP contribution in [0.3, 0.4) is 0 Å². The summed E-state index contributed by atoms with van der Waals surface area (Å²) in [4.78, 5) is 9.82. The van der Waals surface area contributed by atoms with Gasteiger partial charge in [0.1, 0.15) is 12.7 Å². The van der Waals surface area contributed by atoms with Crippen LogP contribution in [0.1, 0.15) is 5.56 Å². The molecule has 2 rings (SSSR count). The summed E-state index contributed by atoms with van der Waals surface area (Å²) in [5.74, 6) is -0.628. The van der Waals surface area contributed by atoms with Crippen LogP contribution in [0.25, 0.3) is 0 Å². The zero-order chi connectivity index (χ0) is 12.3. The van der Waals surface area contributed by atoms with Gasteiger partial charge in [-0.3, -0.25) is 10.1 Å². The average Bonchev–Trinajstić information content (AvgIpc) is 2.80. The number of rotatable bonds is 3. The third-order valence-electron chi connectivity index (χ3n) is 1.93. The van der Waals surface area contributed by atoms with Crippen LogP contribution >= 0.6 is 0 Å². The van der Waals surface area contributed by atoms with Crippen LogP contribution in [0.15, 0.2) is 36.0 Å². The van der Waals surface area contributed by atoms with E-state index in [1.165, 1.54) is 29.6 Å². The second-order valence-electron chi connectivity index (χ2n) is 3.07. The van der Waals surface area contributed by atoms with Crippen LogP contribution in [0, 0.1) is 10.1 Å². The Morgan fingerprint density at radius 3 is 2.71 bits per heavy atom. The maximum Gasteiger partial charge on any atom is 0.262 e. The minimum atomic E-state index is -0.724. The number of hydrogen-bond donors (Lipinski definition) is 0. The first-order valence-electron chi connectivity index (χ1n) is 4.51. The molecular weight excluding hydrogens is 226 g/mol. The minimum Gasteiger partial charge on any atom is -0.868 e. The Morgan fingerprint density at radius 1 is 1.35 bits per heavy atom. The molecule has 1 aromatic carbocycles. The zero-order valence-electron chi connectivity index (χ0n) is 8.42. The van der Waals surface area contributed by atoms with Gasteiger partial charge in [-0.15, -0.1) is 10.2 Å². The van der Waals surface area contributed by atoms with Gasteiger partial charge in [0.15, 0.2) is 0 Å². The molecule has 0 aliphatic rings. The molecular formula is C9H6N5O3-. The molecule has 1 aromatic heterocycles. The van der Waals surface area contributed by atoms with E-state index in [0.717, 1.165) is 12.1 Å². The molecule has 86 valence electrons. The van der Waals surface area contributed by atoms with Crippen molar-refractivity contribution in [1.29, 1.82) is 0 Å². The average molecular weight is 232 g/mol. The maximum absolute atomic E-state index is 11.1. The third kappa shape index (κ3) is 2.43. The Kier molecular flexibility index (Phi) is 2.77. The van der Waals surface area contributed by atoms with E-state index in [1.54, 1.807) is 0 Å². The lowest BCUT2D eigenvalue weighted by Crippen LogP contribution is -1.98. The Labute approximate surface area is 95.0 Å². The van der Waals surface area contributed by atoms with Crippen molar-refractivity contribution in [3.8, 4) is 5.75 Å². The summed E-state index contributed by atoms with van der Waals surface area (Å²) in [6.07, 6.45) is 4.11. The molecule has 1 heterocycles. The highest BCUT2D eigenvalue weighted by atomic mass is 16.6. The predicted octanol–water partition coefficient (Wildman–Crippen LogP) is 0.142. The number of nitro benzene ring substituents is 1. The summed E-state index contributed by atoms with van der Waals surface area (Å²) in [6, 6.07) is 3.74. The summed E-state index contributed by atoms with van der Waals surface area (Å²) in [5, 5.41) is 32.7. The van der Waals surface area contributed by atoms with Gasteiger partial charge < -0.3 is 5.11 Å². The van der Waals surface area contributed by atoms with Crippen molar-refractivity contribution >= 4 is 11.9 Å².